The zero-order valence-corrected chi connectivity index (χ0v) is 12.0. The maximum absolute atomic E-state index is 11.2. The van der Waals surface area contributed by atoms with Gasteiger partial charge in [-0.15, -0.1) is 0 Å². The van der Waals surface area contributed by atoms with Gasteiger partial charge in [0.1, 0.15) is 5.75 Å². The number of carbonyl (C=O) groups is 2. The molecule has 0 radical (unpaired) electrons. The van der Waals surface area contributed by atoms with Crippen molar-refractivity contribution in [1.29, 1.82) is 0 Å². The van der Waals surface area contributed by atoms with Crippen LogP contribution in [0.4, 0.5) is 0 Å². The summed E-state index contributed by atoms with van der Waals surface area (Å²) in [5, 5.41) is 2.65. The maximum atomic E-state index is 11.2. The van der Waals surface area contributed by atoms with Crippen molar-refractivity contribution >= 4 is 11.9 Å². The Bertz CT molecular complexity index is 445. The van der Waals surface area contributed by atoms with E-state index in [0.717, 1.165) is 12.2 Å². The van der Waals surface area contributed by atoms with E-state index < -0.39 is 5.97 Å². The molecule has 0 saturated heterocycles. The number of hydrogen-bond acceptors (Lipinski definition) is 4. The maximum Gasteiger partial charge on any atom is 0.303 e. The summed E-state index contributed by atoms with van der Waals surface area (Å²) >= 11 is 0. The summed E-state index contributed by atoms with van der Waals surface area (Å²) in [6.45, 7) is 4.16. The molecule has 5 heteroatoms. The standard InChI is InChI=1S/C15H21NO4/c1-3-13-6-4-7-14(10-13)19-9-5-8-16-15(18)11-20-12(2)17/h4,6-7,10H,3,5,8-9,11H2,1-2H3,(H,16,18). The highest BCUT2D eigenvalue weighted by atomic mass is 16.5. The van der Waals surface area contributed by atoms with Crippen molar-refractivity contribution in [2.75, 3.05) is 19.8 Å². The van der Waals surface area contributed by atoms with E-state index in [1.165, 1.54) is 12.5 Å². The smallest absolute Gasteiger partial charge is 0.303 e. The topological polar surface area (TPSA) is 64.6 Å². The second kappa shape index (κ2) is 8.96. The molecule has 1 aromatic carbocycles. The number of rotatable bonds is 8. The highest BCUT2D eigenvalue weighted by molar-refractivity contribution is 5.79. The molecule has 110 valence electrons. The molecule has 0 atom stereocenters. The Balaban J connectivity index is 2.12. The SMILES string of the molecule is CCc1cccc(OCCCNC(=O)COC(C)=O)c1. The van der Waals surface area contributed by atoms with Crippen LogP contribution in [0.5, 0.6) is 5.75 Å². The summed E-state index contributed by atoms with van der Waals surface area (Å²) in [5.74, 6) is 0.0862. The number of esters is 1. The third-order valence-corrected chi connectivity index (χ3v) is 2.63. The minimum Gasteiger partial charge on any atom is -0.494 e. The zero-order valence-electron chi connectivity index (χ0n) is 12.0. The van der Waals surface area contributed by atoms with E-state index in [2.05, 4.69) is 23.0 Å². The first kappa shape index (κ1) is 16.0. The van der Waals surface area contributed by atoms with Gasteiger partial charge in [-0.2, -0.15) is 0 Å². The summed E-state index contributed by atoms with van der Waals surface area (Å²) < 4.78 is 10.2. The van der Waals surface area contributed by atoms with E-state index in [4.69, 9.17) is 4.74 Å². The van der Waals surface area contributed by atoms with Gasteiger partial charge in [0, 0.05) is 13.5 Å². The van der Waals surface area contributed by atoms with Crippen LogP contribution in [0.1, 0.15) is 25.8 Å². The fraction of sp³-hybridized carbons (Fsp3) is 0.467. The average Bonchev–Trinajstić information content (AvgIpc) is 2.45. The summed E-state index contributed by atoms with van der Waals surface area (Å²) in [6.07, 6.45) is 1.67. The molecule has 1 amide bonds. The number of amides is 1. The second-order valence-corrected chi connectivity index (χ2v) is 4.33. The Hall–Kier alpha value is -2.04. The predicted molar refractivity (Wildman–Crippen MR) is 75.6 cm³/mol. The van der Waals surface area contributed by atoms with E-state index in [0.29, 0.717) is 19.6 Å². The lowest BCUT2D eigenvalue weighted by atomic mass is 10.2. The molecular weight excluding hydrogens is 258 g/mol. The van der Waals surface area contributed by atoms with Gasteiger partial charge in [-0.1, -0.05) is 19.1 Å². The third kappa shape index (κ3) is 6.78. The number of ether oxygens (including phenoxy) is 2. The highest BCUT2D eigenvalue weighted by Crippen LogP contribution is 2.13. The molecule has 1 aromatic rings. The van der Waals surface area contributed by atoms with Crippen molar-refractivity contribution < 1.29 is 19.1 Å². The Morgan fingerprint density at radius 1 is 1.30 bits per heavy atom. The van der Waals surface area contributed by atoms with Crippen LogP contribution in [0.15, 0.2) is 24.3 Å². The van der Waals surface area contributed by atoms with E-state index >= 15 is 0 Å². The first-order chi connectivity index (χ1) is 9.61. The molecule has 1 rings (SSSR count). The Morgan fingerprint density at radius 3 is 2.80 bits per heavy atom. The Morgan fingerprint density at radius 2 is 2.10 bits per heavy atom. The minimum atomic E-state index is -0.459. The molecule has 0 aliphatic carbocycles. The molecule has 0 aromatic heterocycles. The highest BCUT2D eigenvalue weighted by Gasteiger charge is 2.02. The summed E-state index contributed by atoms with van der Waals surface area (Å²) in [5.41, 5.74) is 1.23. The largest absolute Gasteiger partial charge is 0.494 e. The van der Waals surface area contributed by atoms with Crippen LogP contribution >= 0.6 is 0 Å². The van der Waals surface area contributed by atoms with Gasteiger partial charge in [0.2, 0.25) is 0 Å². The molecule has 0 aliphatic heterocycles. The second-order valence-electron chi connectivity index (χ2n) is 4.33. The lowest BCUT2D eigenvalue weighted by molar-refractivity contribution is -0.146. The normalized spacial score (nSPS) is 9.90. The van der Waals surface area contributed by atoms with Gasteiger partial charge < -0.3 is 14.8 Å². The van der Waals surface area contributed by atoms with Crippen molar-refractivity contribution in [3.63, 3.8) is 0 Å². The van der Waals surface area contributed by atoms with E-state index in [-0.39, 0.29) is 12.5 Å². The van der Waals surface area contributed by atoms with Gasteiger partial charge in [-0.25, -0.2) is 0 Å². The number of aryl methyl sites for hydroxylation is 1. The average molecular weight is 279 g/mol. The van der Waals surface area contributed by atoms with Crippen molar-refractivity contribution in [2.45, 2.75) is 26.7 Å². The van der Waals surface area contributed by atoms with Crippen LogP contribution in [-0.4, -0.2) is 31.6 Å². The van der Waals surface area contributed by atoms with Crippen LogP contribution in [0.25, 0.3) is 0 Å². The summed E-state index contributed by atoms with van der Waals surface area (Å²) in [4.78, 5) is 21.7. The van der Waals surface area contributed by atoms with Gasteiger partial charge in [-0.3, -0.25) is 9.59 Å². The van der Waals surface area contributed by atoms with Crippen LogP contribution in [0.3, 0.4) is 0 Å². The number of nitrogens with one attached hydrogen (secondary N) is 1. The first-order valence-corrected chi connectivity index (χ1v) is 6.73. The molecule has 20 heavy (non-hydrogen) atoms. The Kier molecular flexibility index (Phi) is 7.17. The number of benzene rings is 1. The summed E-state index contributed by atoms with van der Waals surface area (Å²) in [6, 6.07) is 7.95. The quantitative estimate of drug-likeness (QED) is 0.581. The molecule has 0 aliphatic rings. The van der Waals surface area contributed by atoms with Gasteiger partial charge >= 0.3 is 5.97 Å². The minimum absolute atomic E-state index is 0.227. The monoisotopic (exact) mass is 279 g/mol. The first-order valence-electron chi connectivity index (χ1n) is 6.73. The number of carbonyl (C=O) groups excluding carboxylic acids is 2. The van der Waals surface area contributed by atoms with Crippen molar-refractivity contribution in [3.05, 3.63) is 29.8 Å². The lowest BCUT2D eigenvalue weighted by Gasteiger charge is -2.08. The summed E-state index contributed by atoms with van der Waals surface area (Å²) in [7, 11) is 0. The molecular formula is C15H21NO4. The van der Waals surface area contributed by atoms with Crippen LogP contribution in [-0.2, 0) is 20.7 Å². The van der Waals surface area contributed by atoms with E-state index in [1.807, 2.05) is 18.2 Å². The van der Waals surface area contributed by atoms with Gasteiger partial charge in [0.15, 0.2) is 6.61 Å². The molecule has 0 heterocycles. The molecule has 0 saturated carbocycles. The molecule has 0 unspecified atom stereocenters. The van der Waals surface area contributed by atoms with Crippen LogP contribution < -0.4 is 10.1 Å². The van der Waals surface area contributed by atoms with Gasteiger partial charge in [0.05, 0.1) is 6.61 Å². The molecule has 0 spiro atoms. The molecule has 0 bridgehead atoms. The predicted octanol–water partition coefficient (Wildman–Crippen LogP) is 1.70. The van der Waals surface area contributed by atoms with Gasteiger partial charge in [0.25, 0.3) is 5.91 Å². The van der Waals surface area contributed by atoms with E-state index in [9.17, 15) is 9.59 Å². The van der Waals surface area contributed by atoms with Crippen LogP contribution in [0, 0.1) is 0 Å². The zero-order chi connectivity index (χ0) is 14.8. The number of hydrogen-bond donors (Lipinski definition) is 1. The molecule has 1 N–H and O–H groups in total. The molecule has 5 nitrogen and oxygen atoms in total. The van der Waals surface area contributed by atoms with Crippen LogP contribution in [0.2, 0.25) is 0 Å². The Labute approximate surface area is 119 Å². The lowest BCUT2D eigenvalue weighted by Crippen LogP contribution is -2.29. The van der Waals surface area contributed by atoms with Crippen molar-refractivity contribution in [1.82, 2.24) is 5.32 Å². The van der Waals surface area contributed by atoms with Gasteiger partial charge in [-0.05, 0) is 30.5 Å². The van der Waals surface area contributed by atoms with Crippen molar-refractivity contribution in [2.24, 2.45) is 0 Å². The van der Waals surface area contributed by atoms with Crippen molar-refractivity contribution in [3.8, 4) is 5.75 Å². The fourth-order valence-corrected chi connectivity index (χ4v) is 1.56. The van der Waals surface area contributed by atoms with E-state index in [1.54, 1.807) is 0 Å². The molecule has 0 fully saturated rings. The third-order valence-electron chi connectivity index (χ3n) is 2.63. The fourth-order valence-electron chi connectivity index (χ4n) is 1.56.